The van der Waals surface area contributed by atoms with E-state index in [2.05, 4.69) is 20.6 Å². The molecule has 2 aliphatic heterocycles. The lowest BCUT2D eigenvalue weighted by molar-refractivity contribution is -0.132. The number of nitrogens with zero attached hydrogens (tertiary/aromatic N) is 4. The van der Waals surface area contributed by atoms with Crippen molar-refractivity contribution in [1.82, 2.24) is 20.0 Å². The molecule has 2 aliphatic rings. The van der Waals surface area contributed by atoms with Crippen molar-refractivity contribution in [2.75, 3.05) is 36.4 Å². The van der Waals surface area contributed by atoms with Crippen molar-refractivity contribution in [1.29, 1.82) is 0 Å². The Bertz CT molecular complexity index is 1120. The van der Waals surface area contributed by atoms with Gasteiger partial charge in [-0.05, 0) is 41.5 Å². The summed E-state index contributed by atoms with van der Waals surface area (Å²) in [7, 11) is 0. The van der Waals surface area contributed by atoms with Gasteiger partial charge in [-0.3, -0.25) is 14.3 Å². The maximum atomic E-state index is 13.1. The Morgan fingerprint density at radius 3 is 2.62 bits per heavy atom. The first-order valence-corrected chi connectivity index (χ1v) is 10.9. The molecule has 5 rings (SSSR count). The van der Waals surface area contributed by atoms with E-state index in [0.29, 0.717) is 18.7 Å². The minimum atomic E-state index is -0.122. The van der Waals surface area contributed by atoms with Crippen molar-refractivity contribution in [3.05, 3.63) is 77.6 Å². The van der Waals surface area contributed by atoms with Crippen molar-refractivity contribution in [3.8, 4) is 0 Å². The first-order chi connectivity index (χ1) is 15.7. The Hall–Kier alpha value is -3.65. The highest BCUT2D eigenvalue weighted by molar-refractivity contribution is 6.08. The Balaban J connectivity index is 1.27. The van der Waals surface area contributed by atoms with Gasteiger partial charge in [-0.15, -0.1) is 0 Å². The van der Waals surface area contributed by atoms with Gasteiger partial charge in [0.15, 0.2) is 0 Å². The monoisotopic (exact) mass is 430 g/mol. The van der Waals surface area contributed by atoms with Crippen LogP contribution in [-0.2, 0) is 24.4 Å². The van der Waals surface area contributed by atoms with Gasteiger partial charge in [0, 0.05) is 63.0 Å². The molecule has 0 atom stereocenters. The summed E-state index contributed by atoms with van der Waals surface area (Å²) in [5, 5.41) is 10.5. The Labute approximate surface area is 186 Å². The molecule has 0 saturated carbocycles. The summed E-state index contributed by atoms with van der Waals surface area (Å²) in [5.74, 6) is -0.0934. The zero-order valence-electron chi connectivity index (χ0n) is 17.8. The minimum Gasteiger partial charge on any atom is -0.368 e. The predicted octanol–water partition coefficient (Wildman–Crippen LogP) is 2.09. The van der Waals surface area contributed by atoms with Gasteiger partial charge in [0.1, 0.15) is 6.54 Å². The molecule has 0 radical (unpaired) electrons. The summed E-state index contributed by atoms with van der Waals surface area (Å²) in [5.41, 5.74) is 4.55. The highest BCUT2D eigenvalue weighted by Crippen LogP contribution is 2.27. The molecule has 8 nitrogen and oxygen atoms in total. The molecule has 1 saturated heterocycles. The maximum Gasteiger partial charge on any atom is 0.257 e. The van der Waals surface area contributed by atoms with Gasteiger partial charge in [0.2, 0.25) is 5.91 Å². The van der Waals surface area contributed by atoms with E-state index in [0.717, 1.165) is 48.7 Å². The minimum absolute atomic E-state index is 0.0282. The molecule has 2 amide bonds. The van der Waals surface area contributed by atoms with Crippen LogP contribution in [0.3, 0.4) is 0 Å². The molecule has 1 aromatic heterocycles. The zero-order chi connectivity index (χ0) is 21.9. The molecule has 32 heavy (non-hydrogen) atoms. The highest BCUT2D eigenvalue weighted by Gasteiger charge is 2.24. The molecule has 3 heterocycles. The summed E-state index contributed by atoms with van der Waals surface area (Å²) >= 11 is 0. The number of nitrogens with one attached hydrogen (secondary N) is 2. The highest BCUT2D eigenvalue weighted by atomic mass is 16.2. The summed E-state index contributed by atoms with van der Waals surface area (Å²) in [6, 6.07) is 15.4. The number of anilines is 2. The normalized spacial score (nSPS) is 15.5. The van der Waals surface area contributed by atoms with Crippen molar-refractivity contribution in [2.24, 2.45) is 0 Å². The van der Waals surface area contributed by atoms with Crippen LogP contribution in [0.15, 0.2) is 60.9 Å². The molecule has 3 aromatic rings. The fraction of sp³-hybridized carbons (Fsp3) is 0.292. The van der Waals surface area contributed by atoms with Gasteiger partial charge in [-0.1, -0.05) is 18.2 Å². The predicted molar refractivity (Wildman–Crippen MR) is 122 cm³/mol. The van der Waals surface area contributed by atoms with Gasteiger partial charge in [0.25, 0.3) is 5.91 Å². The molecular formula is C24H26N6O2. The number of fused-ring (bicyclic) bond motifs is 1. The third kappa shape index (κ3) is 4.22. The number of hydrogen-bond acceptors (Lipinski definition) is 5. The molecule has 0 unspecified atom stereocenters. The van der Waals surface area contributed by atoms with Crippen LogP contribution in [0.25, 0.3) is 0 Å². The van der Waals surface area contributed by atoms with E-state index in [1.54, 1.807) is 23.1 Å². The maximum absolute atomic E-state index is 13.1. The van der Waals surface area contributed by atoms with E-state index < -0.39 is 0 Å². The molecule has 8 heteroatoms. The van der Waals surface area contributed by atoms with Gasteiger partial charge in [-0.2, -0.15) is 5.10 Å². The Kier molecular flexibility index (Phi) is 5.60. The number of piperazine rings is 1. The number of benzene rings is 2. The SMILES string of the molecule is O=C(Nc1ccc2c(c1)CN(C(=O)Cn1cccn1)C2)c1ccccc1N1CCNCC1. The van der Waals surface area contributed by atoms with E-state index in [9.17, 15) is 9.59 Å². The molecule has 2 N–H and O–H groups in total. The van der Waals surface area contributed by atoms with E-state index in [1.165, 1.54) is 0 Å². The average Bonchev–Trinajstić information content (AvgIpc) is 3.49. The number of carbonyl (C=O) groups excluding carboxylic acids is 2. The Morgan fingerprint density at radius 1 is 1.00 bits per heavy atom. The van der Waals surface area contributed by atoms with Gasteiger partial charge >= 0.3 is 0 Å². The summed E-state index contributed by atoms with van der Waals surface area (Å²) in [4.78, 5) is 29.8. The second-order valence-corrected chi connectivity index (χ2v) is 8.15. The summed E-state index contributed by atoms with van der Waals surface area (Å²) < 4.78 is 1.63. The molecular weight excluding hydrogens is 404 g/mol. The number of rotatable bonds is 5. The third-order valence-electron chi connectivity index (χ3n) is 6.00. The van der Waals surface area contributed by atoms with Crippen molar-refractivity contribution < 1.29 is 9.59 Å². The van der Waals surface area contributed by atoms with Gasteiger partial charge < -0.3 is 20.4 Å². The molecule has 164 valence electrons. The van der Waals surface area contributed by atoms with Crippen LogP contribution >= 0.6 is 0 Å². The van der Waals surface area contributed by atoms with Gasteiger partial charge in [-0.25, -0.2) is 0 Å². The average molecular weight is 431 g/mol. The summed E-state index contributed by atoms with van der Waals surface area (Å²) in [6.45, 7) is 4.93. The van der Waals surface area contributed by atoms with Crippen LogP contribution in [0.2, 0.25) is 0 Å². The first kappa shape index (κ1) is 20.3. The van der Waals surface area contributed by atoms with E-state index >= 15 is 0 Å². The number of hydrogen-bond donors (Lipinski definition) is 2. The lowest BCUT2D eigenvalue weighted by atomic mass is 10.1. The largest absolute Gasteiger partial charge is 0.368 e. The van der Waals surface area contributed by atoms with Crippen LogP contribution in [0.1, 0.15) is 21.5 Å². The molecule has 0 spiro atoms. The topological polar surface area (TPSA) is 82.5 Å². The standard InChI is InChI=1S/C24H26N6O2/c31-23(17-30-11-3-8-26-30)29-15-18-6-7-20(14-19(18)16-29)27-24(32)21-4-1-2-5-22(21)28-12-9-25-10-13-28/h1-8,11,14,25H,9-10,12-13,15-17H2,(H,27,32). The second kappa shape index (κ2) is 8.84. The first-order valence-electron chi connectivity index (χ1n) is 10.9. The third-order valence-corrected chi connectivity index (χ3v) is 6.00. The molecule has 0 bridgehead atoms. The quantitative estimate of drug-likeness (QED) is 0.648. The Morgan fingerprint density at radius 2 is 1.81 bits per heavy atom. The van der Waals surface area contributed by atoms with Crippen LogP contribution in [0.5, 0.6) is 0 Å². The summed E-state index contributed by atoms with van der Waals surface area (Å²) in [6.07, 6.45) is 3.45. The van der Waals surface area contributed by atoms with Crippen LogP contribution < -0.4 is 15.5 Å². The number of carbonyl (C=O) groups is 2. The van der Waals surface area contributed by atoms with E-state index in [-0.39, 0.29) is 18.4 Å². The molecule has 0 aliphatic carbocycles. The second-order valence-electron chi connectivity index (χ2n) is 8.15. The van der Waals surface area contributed by atoms with Crippen molar-refractivity contribution >= 4 is 23.2 Å². The van der Waals surface area contributed by atoms with E-state index in [4.69, 9.17) is 0 Å². The molecule has 2 aromatic carbocycles. The smallest absolute Gasteiger partial charge is 0.257 e. The van der Waals surface area contributed by atoms with Crippen LogP contribution in [0.4, 0.5) is 11.4 Å². The lowest BCUT2D eigenvalue weighted by Gasteiger charge is -2.30. The number of amides is 2. The van der Waals surface area contributed by atoms with Crippen molar-refractivity contribution in [2.45, 2.75) is 19.6 Å². The van der Waals surface area contributed by atoms with Crippen LogP contribution in [0, 0.1) is 0 Å². The fourth-order valence-electron chi connectivity index (χ4n) is 4.33. The van der Waals surface area contributed by atoms with E-state index in [1.807, 2.05) is 47.4 Å². The number of aromatic nitrogens is 2. The molecule has 1 fully saturated rings. The lowest BCUT2D eigenvalue weighted by Crippen LogP contribution is -2.44. The number of para-hydroxylation sites is 1. The fourth-order valence-corrected chi connectivity index (χ4v) is 4.33. The zero-order valence-corrected chi connectivity index (χ0v) is 17.8. The van der Waals surface area contributed by atoms with Crippen molar-refractivity contribution in [3.63, 3.8) is 0 Å². The van der Waals surface area contributed by atoms with Crippen LogP contribution in [-0.4, -0.2) is 52.7 Å². The van der Waals surface area contributed by atoms with Gasteiger partial charge in [0.05, 0.1) is 5.56 Å².